The molecule has 1 fully saturated rings. The van der Waals surface area contributed by atoms with Crippen molar-refractivity contribution in [2.45, 2.75) is 12.5 Å². The minimum absolute atomic E-state index is 0. The van der Waals surface area contributed by atoms with Crippen LogP contribution in [0.5, 0.6) is 17.2 Å². The summed E-state index contributed by atoms with van der Waals surface area (Å²) in [6.45, 7) is 2.51. The Morgan fingerprint density at radius 2 is 1.70 bits per heavy atom. The molecule has 0 saturated carbocycles. The van der Waals surface area contributed by atoms with Crippen molar-refractivity contribution >= 4 is 12.4 Å². The second kappa shape index (κ2) is 7.52. The van der Waals surface area contributed by atoms with E-state index in [4.69, 9.17) is 0 Å². The van der Waals surface area contributed by atoms with E-state index in [1.165, 1.54) is 12.1 Å². The van der Waals surface area contributed by atoms with Gasteiger partial charge in [0, 0.05) is 44.4 Å². The topological polar surface area (TPSA) is 76.0 Å². The molecule has 0 spiro atoms. The molecule has 1 saturated heterocycles. The second-order valence-corrected chi connectivity index (χ2v) is 4.68. The van der Waals surface area contributed by atoms with Crippen LogP contribution in [0.25, 0.3) is 0 Å². The van der Waals surface area contributed by atoms with Crippen LogP contribution in [-0.4, -0.2) is 53.1 Å². The summed E-state index contributed by atoms with van der Waals surface area (Å²) in [6, 6.07) is 1.96. The Hall–Kier alpha value is -1.24. The zero-order valence-corrected chi connectivity index (χ0v) is 11.9. The summed E-state index contributed by atoms with van der Waals surface area (Å²) < 4.78 is 12.8. The molecule has 0 amide bonds. The highest BCUT2D eigenvalue weighted by molar-refractivity contribution is 5.85. The first-order valence-electron chi connectivity index (χ1n) is 6.39. The smallest absolute Gasteiger partial charge is 0.127 e. The standard InChI is InChI=1S/C13H19FN2O3.ClH/c14-2-1-10(16-5-3-15-4-6-16)13-11(18)7-9(17)8-12(13)19;/h7-8,10,15,17-19H,1-6H2;1H/t10-;/m0./s1. The molecule has 0 aliphatic carbocycles. The molecule has 1 aromatic rings. The van der Waals surface area contributed by atoms with Crippen molar-refractivity contribution in [3.05, 3.63) is 17.7 Å². The van der Waals surface area contributed by atoms with Crippen LogP contribution < -0.4 is 5.32 Å². The lowest BCUT2D eigenvalue weighted by Gasteiger charge is -2.35. The first-order valence-corrected chi connectivity index (χ1v) is 6.39. The highest BCUT2D eigenvalue weighted by atomic mass is 35.5. The number of aromatic hydroxyl groups is 3. The van der Waals surface area contributed by atoms with E-state index in [0.717, 1.165) is 26.2 Å². The third-order valence-electron chi connectivity index (χ3n) is 3.43. The molecule has 0 unspecified atom stereocenters. The van der Waals surface area contributed by atoms with Gasteiger partial charge in [-0.1, -0.05) is 0 Å². The molecule has 2 rings (SSSR count). The van der Waals surface area contributed by atoms with Crippen LogP contribution in [0.2, 0.25) is 0 Å². The van der Waals surface area contributed by atoms with Crippen molar-refractivity contribution in [3.63, 3.8) is 0 Å². The normalized spacial score (nSPS) is 17.4. The first-order chi connectivity index (χ1) is 9.13. The molecule has 4 N–H and O–H groups in total. The molecule has 1 aliphatic rings. The van der Waals surface area contributed by atoms with E-state index >= 15 is 0 Å². The summed E-state index contributed by atoms with van der Waals surface area (Å²) in [4.78, 5) is 2.03. The number of benzene rings is 1. The average molecular weight is 307 g/mol. The maximum absolute atomic E-state index is 12.8. The zero-order valence-electron chi connectivity index (χ0n) is 11.0. The van der Waals surface area contributed by atoms with Crippen LogP contribution in [0.3, 0.4) is 0 Å². The number of nitrogens with one attached hydrogen (secondary N) is 1. The van der Waals surface area contributed by atoms with Crippen LogP contribution in [0.1, 0.15) is 18.0 Å². The van der Waals surface area contributed by atoms with Gasteiger partial charge in [-0.3, -0.25) is 9.29 Å². The minimum Gasteiger partial charge on any atom is -0.508 e. The zero-order chi connectivity index (χ0) is 13.8. The molecule has 20 heavy (non-hydrogen) atoms. The van der Waals surface area contributed by atoms with Crippen molar-refractivity contribution < 1.29 is 19.7 Å². The van der Waals surface area contributed by atoms with Gasteiger partial charge in [-0.25, -0.2) is 0 Å². The van der Waals surface area contributed by atoms with Gasteiger partial charge in [0.05, 0.1) is 12.2 Å². The number of halogens is 2. The van der Waals surface area contributed by atoms with Crippen LogP contribution >= 0.6 is 12.4 Å². The van der Waals surface area contributed by atoms with Crippen LogP contribution in [0.4, 0.5) is 4.39 Å². The fourth-order valence-electron chi connectivity index (χ4n) is 2.56. The lowest BCUT2D eigenvalue weighted by Crippen LogP contribution is -2.45. The number of phenols is 3. The molecule has 5 nitrogen and oxygen atoms in total. The van der Waals surface area contributed by atoms with E-state index in [9.17, 15) is 19.7 Å². The van der Waals surface area contributed by atoms with Gasteiger partial charge in [0.15, 0.2) is 0 Å². The van der Waals surface area contributed by atoms with E-state index in [-0.39, 0.29) is 47.7 Å². The summed E-state index contributed by atoms with van der Waals surface area (Å²) in [6.07, 6.45) is 0.200. The monoisotopic (exact) mass is 306 g/mol. The molecule has 0 aromatic heterocycles. The van der Waals surface area contributed by atoms with Crippen molar-refractivity contribution in [2.24, 2.45) is 0 Å². The second-order valence-electron chi connectivity index (χ2n) is 4.68. The van der Waals surface area contributed by atoms with Gasteiger partial charge in [0.2, 0.25) is 0 Å². The molecule has 1 heterocycles. The molecule has 0 radical (unpaired) electrons. The molecule has 1 aromatic carbocycles. The highest BCUT2D eigenvalue weighted by Crippen LogP contribution is 2.40. The molecule has 1 atom stereocenters. The van der Waals surface area contributed by atoms with Gasteiger partial charge < -0.3 is 20.6 Å². The van der Waals surface area contributed by atoms with Gasteiger partial charge >= 0.3 is 0 Å². The number of phenolic OH excluding ortho intramolecular Hbond substituents is 3. The third-order valence-corrected chi connectivity index (χ3v) is 3.43. The lowest BCUT2D eigenvalue weighted by molar-refractivity contribution is 0.152. The minimum atomic E-state index is -0.533. The van der Waals surface area contributed by atoms with Gasteiger partial charge in [-0.05, 0) is 6.42 Å². The molecule has 7 heteroatoms. The van der Waals surface area contributed by atoms with Gasteiger partial charge in [-0.15, -0.1) is 12.4 Å². The highest BCUT2D eigenvalue weighted by Gasteiger charge is 2.27. The number of nitrogens with zero attached hydrogens (tertiary/aromatic N) is 1. The summed E-state index contributed by atoms with van der Waals surface area (Å²) >= 11 is 0. The molecular weight excluding hydrogens is 287 g/mol. The van der Waals surface area contributed by atoms with Gasteiger partial charge in [0.25, 0.3) is 0 Å². The van der Waals surface area contributed by atoms with E-state index in [2.05, 4.69) is 5.32 Å². The van der Waals surface area contributed by atoms with E-state index in [0.29, 0.717) is 0 Å². The van der Waals surface area contributed by atoms with Crippen LogP contribution in [-0.2, 0) is 0 Å². The number of piperazine rings is 1. The SMILES string of the molecule is Cl.Oc1cc(O)c([C@H](CCF)N2CCNCC2)c(O)c1. The lowest BCUT2D eigenvalue weighted by atomic mass is 9.99. The quantitative estimate of drug-likeness (QED) is 0.679. The molecule has 1 aliphatic heterocycles. The fraction of sp³-hybridized carbons (Fsp3) is 0.538. The van der Waals surface area contributed by atoms with E-state index in [1.807, 2.05) is 4.90 Å². The van der Waals surface area contributed by atoms with Crippen molar-refractivity contribution in [3.8, 4) is 17.2 Å². The maximum Gasteiger partial charge on any atom is 0.127 e. The van der Waals surface area contributed by atoms with E-state index < -0.39 is 6.67 Å². The Bertz CT molecular complexity index is 419. The fourth-order valence-corrected chi connectivity index (χ4v) is 2.56. The molecular formula is C13H20ClFN2O3. The predicted molar refractivity (Wildman–Crippen MR) is 76.5 cm³/mol. The summed E-state index contributed by atoms with van der Waals surface area (Å²) in [5, 5.41) is 32.4. The van der Waals surface area contributed by atoms with Gasteiger partial charge in [-0.2, -0.15) is 0 Å². The Labute approximate surface area is 123 Å². The molecule has 0 bridgehead atoms. The Balaban J connectivity index is 0.00000200. The Morgan fingerprint density at radius 1 is 1.15 bits per heavy atom. The first kappa shape index (κ1) is 16.8. The largest absolute Gasteiger partial charge is 0.508 e. The van der Waals surface area contributed by atoms with E-state index in [1.54, 1.807) is 0 Å². The average Bonchev–Trinajstić information content (AvgIpc) is 2.37. The van der Waals surface area contributed by atoms with Crippen LogP contribution in [0.15, 0.2) is 12.1 Å². The van der Waals surface area contributed by atoms with Gasteiger partial charge in [0.1, 0.15) is 17.2 Å². The summed E-state index contributed by atoms with van der Waals surface area (Å²) in [7, 11) is 0. The maximum atomic E-state index is 12.8. The summed E-state index contributed by atoms with van der Waals surface area (Å²) in [5.41, 5.74) is 0.289. The predicted octanol–water partition coefficient (Wildman–Crippen LogP) is 1.53. The van der Waals surface area contributed by atoms with Crippen molar-refractivity contribution in [1.29, 1.82) is 0 Å². The number of alkyl halides is 1. The van der Waals surface area contributed by atoms with Crippen molar-refractivity contribution in [2.75, 3.05) is 32.9 Å². The Morgan fingerprint density at radius 3 is 2.20 bits per heavy atom. The number of hydrogen-bond donors (Lipinski definition) is 4. The number of rotatable bonds is 4. The summed E-state index contributed by atoms with van der Waals surface area (Å²) in [5.74, 6) is -0.609. The Kier molecular flexibility index (Phi) is 6.32. The molecule has 114 valence electrons. The third kappa shape index (κ3) is 3.65. The number of hydrogen-bond acceptors (Lipinski definition) is 5. The van der Waals surface area contributed by atoms with Crippen LogP contribution in [0, 0.1) is 0 Å². The van der Waals surface area contributed by atoms with Crippen molar-refractivity contribution in [1.82, 2.24) is 10.2 Å².